The minimum Gasteiger partial charge on any atom is -0.476 e. The third kappa shape index (κ3) is 3.18. The van der Waals surface area contributed by atoms with Crippen molar-refractivity contribution >= 4 is 22.1 Å². The maximum Gasteiger partial charge on any atom is 0.148 e. The van der Waals surface area contributed by atoms with Gasteiger partial charge in [0.1, 0.15) is 12.0 Å². The van der Waals surface area contributed by atoms with E-state index >= 15 is 0 Å². The average Bonchev–Trinajstić information content (AvgIpc) is 2.98. The van der Waals surface area contributed by atoms with Gasteiger partial charge in [-0.15, -0.1) is 11.3 Å². The van der Waals surface area contributed by atoms with E-state index in [0.29, 0.717) is 0 Å². The van der Waals surface area contributed by atoms with Crippen LogP contribution >= 0.6 is 11.3 Å². The van der Waals surface area contributed by atoms with E-state index in [-0.39, 0.29) is 6.23 Å². The van der Waals surface area contributed by atoms with Crippen LogP contribution in [-0.4, -0.2) is 6.23 Å². The van der Waals surface area contributed by atoms with Gasteiger partial charge in [-0.3, -0.25) is 5.73 Å². The molecule has 0 spiro atoms. The molecule has 0 amide bonds. The summed E-state index contributed by atoms with van der Waals surface area (Å²) in [5.41, 5.74) is 6.05. The van der Waals surface area contributed by atoms with Crippen molar-refractivity contribution < 1.29 is 4.74 Å². The van der Waals surface area contributed by atoms with Crippen molar-refractivity contribution in [3.8, 4) is 5.75 Å². The molecule has 0 saturated carbocycles. The van der Waals surface area contributed by atoms with Gasteiger partial charge in [-0.2, -0.15) is 0 Å². The Labute approximate surface area is 122 Å². The second kappa shape index (κ2) is 6.07. The first-order valence-corrected chi connectivity index (χ1v) is 7.63. The predicted molar refractivity (Wildman–Crippen MR) is 85.2 cm³/mol. The monoisotopic (exact) mass is 283 g/mol. The number of hydrogen-bond donors (Lipinski definition) is 1. The maximum atomic E-state index is 6.05. The molecule has 20 heavy (non-hydrogen) atoms. The summed E-state index contributed by atoms with van der Waals surface area (Å²) in [6.07, 6.45) is 1.53. The number of nitrogens with two attached hydrogens (primary N) is 1. The van der Waals surface area contributed by atoms with Crippen molar-refractivity contribution in [2.45, 2.75) is 19.1 Å². The molecule has 102 valence electrons. The van der Waals surface area contributed by atoms with E-state index in [1.807, 2.05) is 24.3 Å². The molecule has 3 rings (SSSR count). The van der Waals surface area contributed by atoms with Gasteiger partial charge in [-0.05, 0) is 40.8 Å². The summed E-state index contributed by atoms with van der Waals surface area (Å²) in [5.74, 6) is 0.836. The first-order chi connectivity index (χ1) is 9.81. The van der Waals surface area contributed by atoms with Gasteiger partial charge >= 0.3 is 0 Å². The Morgan fingerprint density at radius 2 is 1.85 bits per heavy atom. The summed E-state index contributed by atoms with van der Waals surface area (Å²) < 4.78 is 5.80. The highest BCUT2D eigenvalue weighted by Crippen LogP contribution is 2.21. The highest BCUT2D eigenvalue weighted by molar-refractivity contribution is 7.09. The van der Waals surface area contributed by atoms with Crippen LogP contribution in [0.25, 0.3) is 10.8 Å². The highest BCUT2D eigenvalue weighted by Gasteiger charge is 2.06. The molecular formula is C17H17NOS. The van der Waals surface area contributed by atoms with Crippen LogP contribution in [0.1, 0.15) is 11.3 Å². The zero-order valence-corrected chi connectivity index (χ0v) is 12.0. The van der Waals surface area contributed by atoms with Crippen molar-refractivity contribution in [2.75, 3.05) is 0 Å². The number of fused-ring (bicyclic) bond motifs is 1. The van der Waals surface area contributed by atoms with Gasteiger partial charge in [0, 0.05) is 11.3 Å². The first kappa shape index (κ1) is 13.2. The summed E-state index contributed by atoms with van der Waals surface area (Å²) in [6.45, 7) is 0. The lowest BCUT2D eigenvalue weighted by molar-refractivity contribution is 0.199. The van der Waals surface area contributed by atoms with Crippen molar-refractivity contribution in [2.24, 2.45) is 5.73 Å². The fourth-order valence-electron chi connectivity index (χ4n) is 2.21. The highest BCUT2D eigenvalue weighted by atomic mass is 32.1. The standard InChI is InChI=1S/C17H17NOS/c18-17(10-9-16-6-3-11-20-16)19-15-8-7-13-4-1-2-5-14(13)12-15/h1-8,11-12,17H,9-10,18H2. The molecule has 0 aliphatic rings. The molecular weight excluding hydrogens is 266 g/mol. The molecule has 1 heterocycles. The van der Waals surface area contributed by atoms with E-state index in [4.69, 9.17) is 10.5 Å². The third-order valence-electron chi connectivity index (χ3n) is 3.26. The Bertz CT molecular complexity index is 678. The quantitative estimate of drug-likeness (QED) is 0.712. The van der Waals surface area contributed by atoms with E-state index in [9.17, 15) is 0 Å². The number of hydrogen-bond acceptors (Lipinski definition) is 3. The van der Waals surface area contributed by atoms with Crippen molar-refractivity contribution in [1.82, 2.24) is 0 Å². The molecule has 2 N–H and O–H groups in total. The van der Waals surface area contributed by atoms with Gasteiger partial charge < -0.3 is 4.74 Å². The van der Waals surface area contributed by atoms with Crippen LogP contribution in [0.5, 0.6) is 5.75 Å². The Morgan fingerprint density at radius 3 is 2.65 bits per heavy atom. The van der Waals surface area contributed by atoms with E-state index in [2.05, 4.69) is 35.7 Å². The number of rotatable bonds is 5. The zero-order chi connectivity index (χ0) is 13.8. The van der Waals surface area contributed by atoms with E-state index in [1.54, 1.807) is 11.3 Å². The molecule has 0 aliphatic carbocycles. The Hall–Kier alpha value is -1.84. The number of thiophene rings is 1. The van der Waals surface area contributed by atoms with Crippen LogP contribution in [0.4, 0.5) is 0 Å². The normalized spacial score (nSPS) is 12.4. The number of ether oxygens (including phenoxy) is 1. The van der Waals surface area contributed by atoms with Gasteiger partial charge in [0.2, 0.25) is 0 Å². The molecule has 1 atom stereocenters. The largest absolute Gasteiger partial charge is 0.476 e. The summed E-state index contributed by atoms with van der Waals surface area (Å²) >= 11 is 1.76. The van der Waals surface area contributed by atoms with Crippen LogP contribution in [-0.2, 0) is 6.42 Å². The van der Waals surface area contributed by atoms with Crippen LogP contribution < -0.4 is 10.5 Å². The molecule has 0 saturated heterocycles. The summed E-state index contributed by atoms with van der Waals surface area (Å²) in [7, 11) is 0. The Balaban J connectivity index is 1.63. The fourth-order valence-corrected chi connectivity index (χ4v) is 2.94. The Kier molecular flexibility index (Phi) is 4.00. The number of benzene rings is 2. The van der Waals surface area contributed by atoms with Gasteiger partial charge in [0.05, 0.1) is 0 Å². The molecule has 0 radical (unpaired) electrons. The lowest BCUT2D eigenvalue weighted by atomic mass is 10.1. The van der Waals surface area contributed by atoms with Crippen molar-refractivity contribution in [3.05, 3.63) is 64.9 Å². The molecule has 3 aromatic rings. The maximum absolute atomic E-state index is 6.05. The molecule has 0 bridgehead atoms. The van der Waals surface area contributed by atoms with Crippen molar-refractivity contribution in [3.63, 3.8) is 0 Å². The molecule has 1 aromatic heterocycles. The molecule has 0 fully saturated rings. The van der Waals surface area contributed by atoms with Gasteiger partial charge in [-0.25, -0.2) is 0 Å². The van der Waals surface area contributed by atoms with E-state index < -0.39 is 0 Å². The van der Waals surface area contributed by atoms with Gasteiger partial charge in [-0.1, -0.05) is 36.4 Å². The molecule has 2 nitrogen and oxygen atoms in total. The average molecular weight is 283 g/mol. The minimum atomic E-state index is -0.265. The lowest BCUT2D eigenvalue weighted by Gasteiger charge is -2.14. The zero-order valence-electron chi connectivity index (χ0n) is 11.2. The molecule has 2 aromatic carbocycles. The summed E-state index contributed by atoms with van der Waals surface area (Å²) in [4.78, 5) is 1.35. The van der Waals surface area contributed by atoms with Gasteiger partial charge in [0.25, 0.3) is 0 Å². The molecule has 3 heteroatoms. The third-order valence-corrected chi connectivity index (χ3v) is 4.20. The van der Waals surface area contributed by atoms with E-state index in [1.165, 1.54) is 15.6 Å². The smallest absolute Gasteiger partial charge is 0.148 e. The predicted octanol–water partition coefficient (Wildman–Crippen LogP) is 4.20. The first-order valence-electron chi connectivity index (χ1n) is 6.75. The van der Waals surface area contributed by atoms with Crippen molar-refractivity contribution in [1.29, 1.82) is 0 Å². The number of aryl methyl sites for hydroxylation is 1. The molecule has 0 aliphatic heterocycles. The minimum absolute atomic E-state index is 0.265. The fraction of sp³-hybridized carbons (Fsp3) is 0.176. The summed E-state index contributed by atoms with van der Waals surface area (Å²) in [6, 6.07) is 18.5. The Morgan fingerprint density at radius 1 is 1.00 bits per heavy atom. The topological polar surface area (TPSA) is 35.2 Å². The van der Waals surface area contributed by atoms with Crippen LogP contribution in [0.2, 0.25) is 0 Å². The SMILES string of the molecule is NC(CCc1cccs1)Oc1ccc2ccccc2c1. The van der Waals surface area contributed by atoms with Crippen LogP contribution in [0.15, 0.2) is 60.0 Å². The summed E-state index contributed by atoms with van der Waals surface area (Å²) in [5, 5.41) is 4.48. The van der Waals surface area contributed by atoms with Gasteiger partial charge in [0.15, 0.2) is 0 Å². The van der Waals surface area contributed by atoms with Crippen LogP contribution in [0.3, 0.4) is 0 Å². The second-order valence-corrected chi connectivity index (χ2v) is 5.82. The second-order valence-electron chi connectivity index (χ2n) is 4.78. The van der Waals surface area contributed by atoms with Crippen LogP contribution in [0, 0.1) is 0 Å². The molecule has 1 unspecified atom stereocenters. The van der Waals surface area contributed by atoms with E-state index in [0.717, 1.165) is 18.6 Å². The lowest BCUT2D eigenvalue weighted by Crippen LogP contribution is -2.27.